The van der Waals surface area contributed by atoms with Crippen LogP contribution in [-0.2, 0) is 22.8 Å². The number of aryl methyl sites for hydroxylation is 1. The van der Waals surface area contributed by atoms with Gasteiger partial charge in [0.25, 0.3) is 0 Å². The van der Waals surface area contributed by atoms with Gasteiger partial charge in [0.2, 0.25) is 5.91 Å². The first-order valence-corrected chi connectivity index (χ1v) is 13.8. The van der Waals surface area contributed by atoms with Gasteiger partial charge >= 0.3 is 11.9 Å². The second kappa shape index (κ2) is 12.9. The van der Waals surface area contributed by atoms with Crippen LogP contribution in [0.15, 0.2) is 41.2 Å². The Morgan fingerprint density at radius 1 is 1.12 bits per heavy atom. The summed E-state index contributed by atoms with van der Waals surface area (Å²) in [5, 5.41) is 12.3. The van der Waals surface area contributed by atoms with Gasteiger partial charge < -0.3 is 15.0 Å². The Balaban J connectivity index is 1.77. The highest BCUT2D eigenvalue weighted by Gasteiger charge is 2.41. The van der Waals surface area contributed by atoms with Crippen molar-refractivity contribution in [2.24, 2.45) is 7.05 Å². The molecule has 0 bridgehead atoms. The van der Waals surface area contributed by atoms with E-state index in [4.69, 9.17) is 4.74 Å². The summed E-state index contributed by atoms with van der Waals surface area (Å²) in [5.41, 5.74) is 0.342. The minimum Gasteiger partial charge on any atom is -0.383 e. The molecule has 4 rings (SSSR count). The number of nitriles is 1. The van der Waals surface area contributed by atoms with Crippen molar-refractivity contribution in [2.45, 2.75) is 51.0 Å². The molecule has 3 heterocycles. The van der Waals surface area contributed by atoms with Crippen LogP contribution in [0.1, 0.15) is 49.6 Å². The number of fused-ring (bicyclic) bond motifs is 1. The number of methoxy groups -OCH3 is 1. The summed E-state index contributed by atoms with van der Waals surface area (Å²) in [6, 6.07) is 8.65. The number of pyridine rings is 1. The molecular weight excluding hydrogens is 551 g/mol. The molecule has 3 atom stereocenters. The quantitative estimate of drug-likeness (QED) is 0.380. The fraction of sp³-hybridized carbons (Fsp3) is 0.483. The number of hydrogen-bond acceptors (Lipinski definition) is 8. The number of amides is 1. The zero-order chi connectivity index (χ0) is 30.6. The lowest BCUT2D eigenvalue weighted by atomic mass is 9.95. The molecule has 2 aromatic heterocycles. The molecule has 224 valence electrons. The first kappa shape index (κ1) is 30.9. The SMILES string of the molecule is CC[C@H]1CN(C(C(=O)NCCOC)c2ccc(C(F)(F)F)cc2)[C@H](CC)CN1c1nc(=O)n(C)c2ccc(C#N)nc12. The van der Waals surface area contributed by atoms with E-state index in [1.54, 1.807) is 19.2 Å². The van der Waals surface area contributed by atoms with E-state index in [2.05, 4.69) is 15.3 Å². The first-order chi connectivity index (χ1) is 20.0. The van der Waals surface area contributed by atoms with E-state index in [9.17, 15) is 28.0 Å². The molecule has 1 saturated heterocycles. The number of aromatic nitrogens is 3. The number of rotatable bonds is 9. The van der Waals surface area contributed by atoms with Crippen molar-refractivity contribution in [3.05, 3.63) is 63.7 Å². The first-order valence-electron chi connectivity index (χ1n) is 13.8. The predicted molar refractivity (Wildman–Crippen MR) is 151 cm³/mol. The summed E-state index contributed by atoms with van der Waals surface area (Å²) in [5.74, 6) is 0.0248. The maximum absolute atomic E-state index is 13.6. The van der Waals surface area contributed by atoms with Gasteiger partial charge in [-0.1, -0.05) is 26.0 Å². The Morgan fingerprint density at radius 3 is 2.40 bits per heavy atom. The largest absolute Gasteiger partial charge is 0.416 e. The standard InChI is InChI=1S/C29H34F3N7O3/c1-5-21-17-39(26-24-23(37(3)28(41)36-26)12-11-20(15-33)35-24)22(6-2)16-38(21)25(27(40)34-13-14-42-4)18-7-9-19(10-8-18)29(30,31)32/h7-12,21-22,25H,5-6,13-14,16-17H2,1-4H3,(H,34,40)/t21-,22+,25?/m1/s1. The molecule has 1 aliphatic heterocycles. The molecule has 1 N–H and O–H groups in total. The lowest BCUT2D eigenvalue weighted by Gasteiger charge is -2.49. The van der Waals surface area contributed by atoms with E-state index in [0.717, 1.165) is 12.1 Å². The zero-order valence-electron chi connectivity index (χ0n) is 24.0. The molecule has 0 saturated carbocycles. The number of nitrogens with one attached hydrogen (secondary N) is 1. The van der Waals surface area contributed by atoms with Gasteiger partial charge in [-0.25, -0.2) is 9.78 Å². The van der Waals surface area contributed by atoms with Crippen molar-refractivity contribution in [2.75, 3.05) is 38.3 Å². The third-order valence-electron chi connectivity index (χ3n) is 7.74. The molecule has 0 aliphatic carbocycles. The van der Waals surface area contributed by atoms with E-state index in [0.29, 0.717) is 48.3 Å². The molecule has 1 amide bonds. The molecule has 1 aliphatic rings. The number of piperazine rings is 1. The lowest BCUT2D eigenvalue weighted by Crippen LogP contribution is -2.61. The van der Waals surface area contributed by atoms with E-state index in [1.807, 2.05) is 29.7 Å². The van der Waals surface area contributed by atoms with Gasteiger partial charge in [-0.2, -0.15) is 23.4 Å². The van der Waals surface area contributed by atoms with Crippen LogP contribution >= 0.6 is 0 Å². The maximum atomic E-state index is 13.6. The number of hydrogen-bond donors (Lipinski definition) is 1. The summed E-state index contributed by atoms with van der Waals surface area (Å²) >= 11 is 0. The molecule has 1 fully saturated rings. The minimum absolute atomic E-state index is 0.193. The van der Waals surface area contributed by atoms with Gasteiger partial charge in [-0.3, -0.25) is 14.3 Å². The molecule has 0 spiro atoms. The number of carbonyl (C=O) groups excluding carboxylic acids is 1. The van der Waals surface area contributed by atoms with Crippen molar-refractivity contribution in [3.63, 3.8) is 0 Å². The lowest BCUT2D eigenvalue weighted by molar-refractivity contribution is -0.137. The Morgan fingerprint density at radius 2 is 1.81 bits per heavy atom. The van der Waals surface area contributed by atoms with Crippen molar-refractivity contribution in [1.82, 2.24) is 24.8 Å². The fourth-order valence-electron chi connectivity index (χ4n) is 5.45. The van der Waals surface area contributed by atoms with Gasteiger partial charge in [0.15, 0.2) is 5.82 Å². The molecule has 1 unspecified atom stereocenters. The molecular formula is C29H34F3N7O3. The van der Waals surface area contributed by atoms with Crippen LogP contribution in [0.5, 0.6) is 0 Å². The molecule has 0 radical (unpaired) electrons. The highest BCUT2D eigenvalue weighted by Crippen LogP contribution is 2.35. The van der Waals surface area contributed by atoms with Crippen molar-refractivity contribution in [1.29, 1.82) is 5.26 Å². The van der Waals surface area contributed by atoms with Gasteiger partial charge in [0.1, 0.15) is 23.3 Å². The molecule has 1 aromatic carbocycles. The average Bonchev–Trinajstić information content (AvgIpc) is 2.98. The van der Waals surface area contributed by atoms with Gasteiger partial charge in [-0.05, 0) is 42.7 Å². The number of anilines is 1. The smallest absolute Gasteiger partial charge is 0.383 e. The Kier molecular flexibility index (Phi) is 9.48. The minimum atomic E-state index is -4.50. The van der Waals surface area contributed by atoms with E-state index in [1.165, 1.54) is 23.8 Å². The average molecular weight is 586 g/mol. The summed E-state index contributed by atoms with van der Waals surface area (Å²) in [6.45, 7) is 5.23. The number of nitrogens with zero attached hydrogens (tertiary/aromatic N) is 6. The summed E-state index contributed by atoms with van der Waals surface area (Å²) in [7, 11) is 3.11. The summed E-state index contributed by atoms with van der Waals surface area (Å²) in [4.78, 5) is 39.3. The van der Waals surface area contributed by atoms with Crippen LogP contribution < -0.4 is 15.9 Å². The van der Waals surface area contributed by atoms with Crippen LogP contribution in [0.3, 0.4) is 0 Å². The van der Waals surface area contributed by atoms with E-state index >= 15 is 0 Å². The normalized spacial score (nSPS) is 18.6. The van der Waals surface area contributed by atoms with Crippen LogP contribution in [0.25, 0.3) is 11.0 Å². The molecule has 3 aromatic rings. The van der Waals surface area contributed by atoms with Gasteiger partial charge in [0.05, 0.1) is 17.7 Å². The van der Waals surface area contributed by atoms with Crippen LogP contribution in [0.2, 0.25) is 0 Å². The second-order valence-corrected chi connectivity index (χ2v) is 10.2. The molecule has 13 heteroatoms. The number of halogens is 3. The number of benzene rings is 1. The number of carbonyl (C=O) groups is 1. The third kappa shape index (κ3) is 6.24. The van der Waals surface area contributed by atoms with E-state index in [-0.39, 0.29) is 36.8 Å². The zero-order valence-corrected chi connectivity index (χ0v) is 24.0. The maximum Gasteiger partial charge on any atom is 0.416 e. The number of alkyl halides is 3. The highest BCUT2D eigenvalue weighted by atomic mass is 19.4. The van der Waals surface area contributed by atoms with Crippen LogP contribution in [0, 0.1) is 11.3 Å². The van der Waals surface area contributed by atoms with Crippen molar-refractivity contribution >= 4 is 22.8 Å². The Labute approximate surface area is 241 Å². The van der Waals surface area contributed by atoms with Crippen LogP contribution in [0.4, 0.5) is 19.0 Å². The third-order valence-corrected chi connectivity index (χ3v) is 7.74. The van der Waals surface area contributed by atoms with Crippen molar-refractivity contribution in [3.8, 4) is 6.07 Å². The molecule has 10 nitrogen and oxygen atoms in total. The summed E-state index contributed by atoms with van der Waals surface area (Å²) < 4.78 is 46.4. The number of ether oxygens (including phenoxy) is 1. The van der Waals surface area contributed by atoms with Crippen molar-refractivity contribution < 1.29 is 22.7 Å². The predicted octanol–water partition coefficient (Wildman–Crippen LogP) is 3.40. The van der Waals surface area contributed by atoms with Gasteiger partial charge in [-0.15, -0.1) is 0 Å². The molecule has 42 heavy (non-hydrogen) atoms. The topological polar surface area (TPSA) is 116 Å². The summed E-state index contributed by atoms with van der Waals surface area (Å²) in [6.07, 6.45) is -3.27. The van der Waals surface area contributed by atoms with E-state index < -0.39 is 23.5 Å². The van der Waals surface area contributed by atoms with Gasteiger partial charge in [0, 0.05) is 45.9 Å². The Bertz CT molecular complexity index is 1520. The Hall–Kier alpha value is -4.02. The van der Waals surface area contributed by atoms with Crippen LogP contribution in [-0.4, -0.2) is 70.8 Å². The monoisotopic (exact) mass is 585 g/mol. The fourth-order valence-corrected chi connectivity index (χ4v) is 5.45. The second-order valence-electron chi connectivity index (χ2n) is 10.2. The highest BCUT2D eigenvalue weighted by molar-refractivity contribution is 5.87.